The number of benzene rings is 3. The molecule has 1 aromatic heterocycles. The molecule has 1 amide bonds. The molecule has 4 aromatic rings. The third-order valence-corrected chi connectivity index (χ3v) is 6.83. The fourth-order valence-corrected chi connectivity index (χ4v) is 4.56. The average molecular weight is 525 g/mol. The van der Waals surface area contributed by atoms with Crippen molar-refractivity contribution in [2.45, 2.75) is 47.1 Å². The van der Waals surface area contributed by atoms with Gasteiger partial charge in [0.1, 0.15) is 11.6 Å². The molecule has 6 heteroatoms. The fraction of sp³-hybridized carbons (Fsp3) is 0.303. The minimum absolute atomic E-state index is 0.0109. The van der Waals surface area contributed by atoms with Crippen molar-refractivity contribution in [3.63, 3.8) is 0 Å². The van der Waals surface area contributed by atoms with Gasteiger partial charge >= 0.3 is 5.97 Å². The van der Waals surface area contributed by atoms with Gasteiger partial charge in [-0.1, -0.05) is 51.1 Å². The lowest BCUT2D eigenvalue weighted by atomic mass is 9.90. The third kappa shape index (κ3) is 6.63. The Labute approximate surface area is 230 Å². The van der Waals surface area contributed by atoms with Gasteiger partial charge in [-0.15, -0.1) is 0 Å². The molecule has 0 unspecified atom stereocenters. The van der Waals surface area contributed by atoms with Crippen LogP contribution < -0.4 is 9.64 Å². The summed E-state index contributed by atoms with van der Waals surface area (Å²) in [4.78, 5) is 32.1. The van der Waals surface area contributed by atoms with Gasteiger partial charge in [0.2, 0.25) is 5.91 Å². The number of amides is 1. The van der Waals surface area contributed by atoms with E-state index in [1.54, 1.807) is 30.3 Å². The summed E-state index contributed by atoms with van der Waals surface area (Å²) >= 11 is 0. The Bertz CT molecular complexity index is 1490. The molecule has 3 aromatic carbocycles. The van der Waals surface area contributed by atoms with Gasteiger partial charge in [0.05, 0.1) is 26.3 Å². The lowest BCUT2D eigenvalue weighted by Gasteiger charge is -2.25. The summed E-state index contributed by atoms with van der Waals surface area (Å²) < 4.78 is 10.3. The number of aromatic nitrogens is 1. The molecule has 0 saturated heterocycles. The number of ether oxygens (including phenoxy) is 2. The van der Waals surface area contributed by atoms with E-state index >= 15 is 0 Å². The van der Waals surface area contributed by atoms with Crippen LogP contribution in [0.5, 0.6) is 5.75 Å². The van der Waals surface area contributed by atoms with Gasteiger partial charge in [-0.2, -0.15) is 0 Å². The first-order valence-corrected chi connectivity index (χ1v) is 13.1. The molecule has 0 aliphatic rings. The van der Waals surface area contributed by atoms with E-state index in [2.05, 4.69) is 56.1 Å². The lowest BCUT2D eigenvalue weighted by Crippen LogP contribution is -2.32. The predicted octanol–water partition coefficient (Wildman–Crippen LogP) is 7.36. The smallest absolute Gasteiger partial charge is 0.337 e. The molecule has 0 N–H and O–H groups in total. The molecular formula is C33H36N2O4. The van der Waals surface area contributed by atoms with Crippen molar-refractivity contribution in [3.8, 4) is 16.9 Å². The first-order valence-electron chi connectivity index (χ1n) is 13.1. The van der Waals surface area contributed by atoms with Crippen LogP contribution >= 0.6 is 0 Å². The van der Waals surface area contributed by atoms with Crippen molar-refractivity contribution in [2.75, 3.05) is 19.1 Å². The minimum atomic E-state index is -0.402. The number of methoxy groups -OCH3 is 2. The Kier molecular flexibility index (Phi) is 8.34. The predicted molar refractivity (Wildman–Crippen MR) is 156 cm³/mol. The molecule has 0 atom stereocenters. The molecule has 1 heterocycles. The molecule has 0 radical (unpaired) electrons. The van der Waals surface area contributed by atoms with Gasteiger partial charge in [0, 0.05) is 18.0 Å². The van der Waals surface area contributed by atoms with Crippen molar-refractivity contribution in [1.29, 1.82) is 0 Å². The molecule has 202 valence electrons. The minimum Gasteiger partial charge on any atom is -0.496 e. The number of hydrogen-bond acceptors (Lipinski definition) is 5. The standard InChI is InChI=1S/C33H36N2O4/c1-22-19-25(12-14-29(22)38-5)24-9-7-23(8-10-24)21-35(30(36)15-17-33(2,3)4)31-28-13-11-27(32(37)39-6)20-26(28)16-18-34-31/h7-14,16,18-20H,15,17,21H2,1-6H3. The summed E-state index contributed by atoms with van der Waals surface area (Å²) in [6, 6.07) is 21.6. The number of esters is 1. The van der Waals surface area contributed by atoms with Crippen LogP contribution in [0.3, 0.4) is 0 Å². The second-order valence-electron chi connectivity index (χ2n) is 11.0. The summed E-state index contributed by atoms with van der Waals surface area (Å²) in [6.07, 6.45) is 2.85. The summed E-state index contributed by atoms with van der Waals surface area (Å²) in [5, 5.41) is 1.63. The normalized spacial score (nSPS) is 11.3. The van der Waals surface area contributed by atoms with Gasteiger partial charge in [0.25, 0.3) is 0 Å². The van der Waals surface area contributed by atoms with Crippen molar-refractivity contribution < 1.29 is 19.1 Å². The maximum atomic E-state index is 13.6. The van der Waals surface area contributed by atoms with E-state index in [-0.39, 0.29) is 11.3 Å². The van der Waals surface area contributed by atoms with Crippen LogP contribution in [0.15, 0.2) is 72.9 Å². The number of carbonyl (C=O) groups is 2. The largest absolute Gasteiger partial charge is 0.496 e. The SMILES string of the molecule is COC(=O)c1ccc2c(N(Cc3ccc(-c4ccc(OC)c(C)c4)cc3)C(=O)CCC(C)(C)C)nccc2c1. The zero-order valence-electron chi connectivity index (χ0n) is 23.6. The maximum Gasteiger partial charge on any atom is 0.337 e. The highest BCUT2D eigenvalue weighted by atomic mass is 16.5. The molecule has 0 bridgehead atoms. The second-order valence-corrected chi connectivity index (χ2v) is 11.0. The van der Waals surface area contributed by atoms with E-state index < -0.39 is 5.97 Å². The van der Waals surface area contributed by atoms with E-state index in [9.17, 15) is 9.59 Å². The highest BCUT2D eigenvalue weighted by Gasteiger charge is 2.23. The van der Waals surface area contributed by atoms with E-state index in [0.29, 0.717) is 24.3 Å². The number of carbonyl (C=O) groups excluding carboxylic acids is 2. The van der Waals surface area contributed by atoms with E-state index in [1.807, 2.05) is 31.2 Å². The number of hydrogen-bond donors (Lipinski definition) is 0. The van der Waals surface area contributed by atoms with Gasteiger partial charge in [-0.3, -0.25) is 9.69 Å². The van der Waals surface area contributed by atoms with Crippen LogP contribution in [-0.4, -0.2) is 31.1 Å². The lowest BCUT2D eigenvalue weighted by molar-refractivity contribution is -0.119. The van der Waals surface area contributed by atoms with Gasteiger partial charge in [-0.25, -0.2) is 9.78 Å². The second kappa shape index (κ2) is 11.7. The summed E-state index contributed by atoms with van der Waals surface area (Å²) in [6.45, 7) is 8.82. The van der Waals surface area contributed by atoms with Gasteiger partial charge in [-0.05, 0) is 82.8 Å². The van der Waals surface area contributed by atoms with E-state index in [0.717, 1.165) is 45.2 Å². The maximum absolute atomic E-state index is 13.6. The monoisotopic (exact) mass is 524 g/mol. The number of fused-ring (bicyclic) bond motifs is 1. The highest BCUT2D eigenvalue weighted by Crippen LogP contribution is 2.30. The first-order chi connectivity index (χ1) is 18.6. The Morgan fingerprint density at radius 1 is 0.897 bits per heavy atom. The molecule has 6 nitrogen and oxygen atoms in total. The van der Waals surface area contributed by atoms with Crippen molar-refractivity contribution in [1.82, 2.24) is 4.98 Å². The van der Waals surface area contributed by atoms with Crippen LogP contribution in [0.1, 0.15) is 55.1 Å². The van der Waals surface area contributed by atoms with E-state index in [4.69, 9.17) is 9.47 Å². The Morgan fingerprint density at radius 2 is 1.62 bits per heavy atom. The molecule has 0 spiro atoms. The zero-order chi connectivity index (χ0) is 28.2. The third-order valence-electron chi connectivity index (χ3n) is 6.83. The van der Waals surface area contributed by atoms with Gasteiger partial charge < -0.3 is 9.47 Å². The topological polar surface area (TPSA) is 68.7 Å². The number of anilines is 1. The molecule has 39 heavy (non-hydrogen) atoms. The molecular weight excluding hydrogens is 488 g/mol. The zero-order valence-corrected chi connectivity index (χ0v) is 23.6. The quantitative estimate of drug-likeness (QED) is 0.225. The summed E-state index contributed by atoms with van der Waals surface area (Å²) in [5.74, 6) is 1.05. The summed E-state index contributed by atoms with van der Waals surface area (Å²) in [7, 11) is 3.04. The van der Waals surface area contributed by atoms with Gasteiger partial charge in [0.15, 0.2) is 0 Å². The molecule has 0 fully saturated rings. The first kappa shape index (κ1) is 27.8. The number of nitrogens with zero attached hydrogens (tertiary/aromatic N) is 2. The molecule has 4 rings (SSSR count). The number of rotatable bonds is 8. The van der Waals surface area contributed by atoms with Crippen LogP contribution in [0.25, 0.3) is 21.9 Å². The fourth-order valence-electron chi connectivity index (χ4n) is 4.56. The Morgan fingerprint density at radius 3 is 2.26 bits per heavy atom. The highest BCUT2D eigenvalue weighted by molar-refractivity contribution is 6.04. The average Bonchev–Trinajstić information content (AvgIpc) is 2.93. The Hall–Kier alpha value is -4.19. The van der Waals surface area contributed by atoms with Crippen LogP contribution in [-0.2, 0) is 16.1 Å². The van der Waals surface area contributed by atoms with Crippen LogP contribution in [0, 0.1) is 12.3 Å². The van der Waals surface area contributed by atoms with E-state index in [1.165, 1.54) is 7.11 Å². The molecule has 0 aliphatic carbocycles. The molecule has 0 aliphatic heterocycles. The van der Waals surface area contributed by atoms with Crippen molar-refractivity contribution in [3.05, 3.63) is 89.6 Å². The van der Waals surface area contributed by atoms with Crippen molar-refractivity contribution >= 4 is 28.5 Å². The van der Waals surface area contributed by atoms with Crippen LogP contribution in [0.2, 0.25) is 0 Å². The molecule has 0 saturated carbocycles. The summed E-state index contributed by atoms with van der Waals surface area (Å²) in [5.41, 5.74) is 4.76. The van der Waals surface area contributed by atoms with Crippen molar-refractivity contribution in [2.24, 2.45) is 5.41 Å². The Balaban J connectivity index is 1.68. The number of aryl methyl sites for hydroxylation is 1. The number of pyridine rings is 1. The van der Waals surface area contributed by atoms with Crippen LogP contribution in [0.4, 0.5) is 5.82 Å².